The largest absolute Gasteiger partial charge is 0.296 e. The first kappa shape index (κ1) is 16.8. The van der Waals surface area contributed by atoms with Gasteiger partial charge in [-0.05, 0) is 42.9 Å². The van der Waals surface area contributed by atoms with Crippen LogP contribution in [0.15, 0.2) is 46.0 Å². The Bertz CT molecular complexity index is 1150. The van der Waals surface area contributed by atoms with Gasteiger partial charge in [-0.15, -0.1) is 0 Å². The van der Waals surface area contributed by atoms with E-state index in [4.69, 9.17) is 0 Å². The smallest absolute Gasteiger partial charge is 0.266 e. The number of benzene rings is 1. The van der Waals surface area contributed by atoms with Gasteiger partial charge < -0.3 is 0 Å². The van der Waals surface area contributed by atoms with E-state index < -0.39 is 5.56 Å². The fraction of sp³-hybridized carbons (Fsp3) is 0.263. The van der Waals surface area contributed by atoms with Gasteiger partial charge in [0.05, 0.1) is 4.53 Å². The molecule has 4 rings (SSSR count). The van der Waals surface area contributed by atoms with Crippen LogP contribution in [-0.4, -0.2) is 14.6 Å². The summed E-state index contributed by atoms with van der Waals surface area (Å²) in [5.74, 6) is -0.0174. The zero-order valence-electron chi connectivity index (χ0n) is 13.9. The quantitative estimate of drug-likeness (QED) is 0.663. The van der Waals surface area contributed by atoms with Gasteiger partial charge in [0.2, 0.25) is 4.96 Å². The third-order valence-corrected chi connectivity index (χ3v) is 5.41. The minimum Gasteiger partial charge on any atom is -0.266 e. The second-order valence-corrected chi connectivity index (χ2v) is 7.35. The van der Waals surface area contributed by atoms with Crippen LogP contribution in [0.5, 0.6) is 0 Å². The molecule has 26 heavy (non-hydrogen) atoms. The van der Waals surface area contributed by atoms with Crippen molar-refractivity contribution in [2.24, 2.45) is 5.92 Å². The zero-order chi connectivity index (χ0) is 18.1. The molecule has 0 amide bonds. The number of fused-ring (bicyclic) bond motifs is 1. The van der Waals surface area contributed by atoms with Crippen LogP contribution in [-0.2, 0) is 6.42 Å². The monoisotopic (exact) mass is 369 g/mol. The van der Waals surface area contributed by atoms with E-state index in [1.807, 2.05) is 6.08 Å². The van der Waals surface area contributed by atoms with Crippen molar-refractivity contribution in [2.75, 3.05) is 0 Å². The normalized spacial score (nSPS) is 17.9. The molecule has 1 atom stereocenters. The fourth-order valence-electron chi connectivity index (χ4n) is 3.04. The molecule has 0 aliphatic heterocycles. The summed E-state index contributed by atoms with van der Waals surface area (Å²) in [4.78, 5) is 29.2. The minimum atomic E-state index is -0.456. The lowest BCUT2D eigenvalue weighted by atomic mass is 9.94. The number of hydrogen-bond donors (Lipinski definition) is 0. The van der Waals surface area contributed by atoms with E-state index in [9.17, 15) is 14.0 Å². The van der Waals surface area contributed by atoms with Gasteiger partial charge in [-0.25, -0.2) is 4.39 Å². The first-order valence-electron chi connectivity index (χ1n) is 8.44. The average Bonchev–Trinajstić information content (AvgIpc) is 2.93. The second kappa shape index (κ2) is 6.92. The van der Waals surface area contributed by atoms with E-state index in [1.54, 1.807) is 12.1 Å². The van der Waals surface area contributed by atoms with Gasteiger partial charge >= 0.3 is 0 Å². The maximum Gasteiger partial charge on any atom is 0.296 e. The Labute approximate surface area is 152 Å². The Morgan fingerprint density at radius 2 is 2.04 bits per heavy atom. The van der Waals surface area contributed by atoms with Crippen molar-refractivity contribution in [3.05, 3.63) is 78.7 Å². The van der Waals surface area contributed by atoms with Crippen molar-refractivity contribution < 1.29 is 4.39 Å². The molecule has 0 bridgehead atoms. The van der Waals surface area contributed by atoms with Crippen LogP contribution in [0.4, 0.5) is 4.39 Å². The molecule has 0 fully saturated rings. The molecule has 0 saturated heterocycles. The highest BCUT2D eigenvalue weighted by Crippen LogP contribution is 2.19. The number of rotatable bonds is 3. The van der Waals surface area contributed by atoms with E-state index in [2.05, 4.69) is 22.2 Å². The molecule has 0 saturated carbocycles. The van der Waals surface area contributed by atoms with Crippen LogP contribution in [0.2, 0.25) is 0 Å². The summed E-state index contributed by atoms with van der Waals surface area (Å²) in [6.45, 7) is 0. The van der Waals surface area contributed by atoms with Gasteiger partial charge in [0.15, 0.2) is 0 Å². The average molecular weight is 369 g/mol. The van der Waals surface area contributed by atoms with E-state index in [1.165, 1.54) is 28.0 Å². The lowest BCUT2D eigenvalue weighted by Crippen LogP contribution is -2.28. The van der Waals surface area contributed by atoms with Crippen molar-refractivity contribution in [3.8, 4) is 0 Å². The molecule has 2 heterocycles. The van der Waals surface area contributed by atoms with Crippen molar-refractivity contribution in [3.63, 3.8) is 0 Å². The van der Waals surface area contributed by atoms with Crippen LogP contribution in [0.25, 0.3) is 11.0 Å². The second-order valence-electron chi connectivity index (χ2n) is 6.34. The number of thiazole rings is 1. The summed E-state index contributed by atoms with van der Waals surface area (Å²) in [6.07, 6.45) is 9.39. The number of allylic oxidation sites excluding steroid dienone is 2. The van der Waals surface area contributed by atoms with Gasteiger partial charge in [0.1, 0.15) is 11.5 Å². The molecule has 1 aliphatic carbocycles. The Balaban J connectivity index is 1.74. The zero-order valence-corrected chi connectivity index (χ0v) is 14.7. The molecule has 7 heteroatoms. The molecule has 1 aliphatic rings. The summed E-state index contributed by atoms with van der Waals surface area (Å²) >= 11 is 1.20. The lowest BCUT2D eigenvalue weighted by molar-refractivity contribution is 0.612. The minimum absolute atomic E-state index is 0.177. The molecule has 0 radical (unpaired) electrons. The number of hydrogen-bond acceptors (Lipinski definition) is 5. The van der Waals surface area contributed by atoms with Crippen molar-refractivity contribution in [1.82, 2.24) is 14.6 Å². The number of nitrogens with zero attached hydrogens (tertiary/aromatic N) is 3. The van der Waals surface area contributed by atoms with Gasteiger partial charge in [0, 0.05) is 6.42 Å². The molecular weight excluding hydrogens is 353 g/mol. The van der Waals surface area contributed by atoms with E-state index in [-0.39, 0.29) is 23.5 Å². The number of halogens is 1. The van der Waals surface area contributed by atoms with Crippen molar-refractivity contribution >= 4 is 22.4 Å². The molecule has 2 aromatic heterocycles. The Kier molecular flexibility index (Phi) is 4.46. The van der Waals surface area contributed by atoms with Crippen LogP contribution in [0, 0.1) is 11.7 Å². The summed E-state index contributed by atoms with van der Waals surface area (Å²) in [6, 6.07) is 5.84. The topological polar surface area (TPSA) is 64.3 Å². The molecule has 1 aromatic carbocycles. The van der Waals surface area contributed by atoms with Gasteiger partial charge in [-0.2, -0.15) is 14.6 Å². The summed E-state index contributed by atoms with van der Waals surface area (Å²) < 4.78 is 14.8. The Morgan fingerprint density at radius 1 is 1.23 bits per heavy atom. The fourth-order valence-corrected chi connectivity index (χ4v) is 4.01. The van der Waals surface area contributed by atoms with Crippen LogP contribution < -0.4 is 15.7 Å². The van der Waals surface area contributed by atoms with E-state index in [0.717, 1.165) is 24.8 Å². The Morgan fingerprint density at radius 3 is 2.77 bits per heavy atom. The summed E-state index contributed by atoms with van der Waals surface area (Å²) in [5.41, 5.74) is 0.215. The van der Waals surface area contributed by atoms with Crippen LogP contribution in [0.1, 0.15) is 30.5 Å². The van der Waals surface area contributed by atoms with Crippen molar-refractivity contribution in [2.45, 2.75) is 25.7 Å². The molecule has 3 aromatic rings. The predicted molar refractivity (Wildman–Crippen MR) is 98.8 cm³/mol. The first-order valence-corrected chi connectivity index (χ1v) is 9.26. The Hall–Kier alpha value is -2.67. The summed E-state index contributed by atoms with van der Waals surface area (Å²) in [5, 5.41) is 4.22. The van der Waals surface area contributed by atoms with Gasteiger partial charge in [0.25, 0.3) is 11.1 Å². The highest BCUT2D eigenvalue weighted by molar-refractivity contribution is 7.14. The molecule has 0 spiro atoms. The molecular formula is C19H16FN3O2S. The van der Waals surface area contributed by atoms with E-state index >= 15 is 0 Å². The molecule has 132 valence electrons. The molecule has 0 N–H and O–H groups in total. The first-order chi connectivity index (χ1) is 12.6. The van der Waals surface area contributed by atoms with Gasteiger partial charge in [-0.1, -0.05) is 41.7 Å². The van der Waals surface area contributed by atoms with Crippen LogP contribution in [0.3, 0.4) is 0 Å². The maximum absolute atomic E-state index is 13.0. The van der Waals surface area contributed by atoms with E-state index in [0.29, 0.717) is 15.4 Å². The lowest BCUT2D eigenvalue weighted by Gasteiger charge is -2.11. The molecule has 5 nitrogen and oxygen atoms in total. The highest BCUT2D eigenvalue weighted by atomic mass is 32.1. The predicted octanol–water partition coefficient (Wildman–Crippen LogP) is 2.10. The van der Waals surface area contributed by atoms with Crippen molar-refractivity contribution in [1.29, 1.82) is 0 Å². The SMILES string of the molecule is O=c1nc2s/c(=C/C3CC=CCC3)c(=O)n2nc1Cc1ccc(F)cc1. The summed E-state index contributed by atoms with van der Waals surface area (Å²) in [7, 11) is 0. The maximum atomic E-state index is 13.0. The third-order valence-electron chi connectivity index (χ3n) is 4.43. The molecule has 1 unspecified atom stereocenters. The van der Waals surface area contributed by atoms with Gasteiger partial charge in [-0.3, -0.25) is 9.59 Å². The van der Waals surface area contributed by atoms with Crippen LogP contribution >= 0.6 is 11.3 Å². The third kappa shape index (κ3) is 3.35. The number of aromatic nitrogens is 3. The standard InChI is InChI=1S/C19H16FN3O2S/c20-14-8-6-13(7-9-14)10-15-17(24)21-19-23(22-15)18(25)16(26-19)11-12-4-2-1-3-5-12/h1-2,6-9,11-12H,3-5,10H2/b16-11+. The highest BCUT2D eigenvalue weighted by Gasteiger charge is 2.13.